The van der Waals surface area contributed by atoms with Crippen LogP contribution in [0.15, 0.2) is 0 Å². The Morgan fingerprint density at radius 1 is 1.22 bits per heavy atom. The molecule has 2 fully saturated rings. The van der Waals surface area contributed by atoms with E-state index in [0.717, 1.165) is 18.4 Å². The first-order valence-corrected chi connectivity index (χ1v) is 8.06. The van der Waals surface area contributed by atoms with Gasteiger partial charge in [0, 0.05) is 29.3 Å². The highest BCUT2D eigenvalue weighted by atomic mass is 32.1. The van der Waals surface area contributed by atoms with Crippen LogP contribution in [0, 0.1) is 5.92 Å². The molecule has 1 heterocycles. The van der Waals surface area contributed by atoms with Crippen LogP contribution in [0.5, 0.6) is 0 Å². The van der Waals surface area contributed by atoms with Crippen LogP contribution < -0.4 is 5.32 Å². The molecular weight excluding hydrogens is 240 g/mol. The summed E-state index contributed by atoms with van der Waals surface area (Å²) in [6.07, 6.45) is 6.80. The summed E-state index contributed by atoms with van der Waals surface area (Å²) in [6, 6.07) is 0. The van der Waals surface area contributed by atoms with Gasteiger partial charge in [0.2, 0.25) is 0 Å². The molecule has 0 unspecified atom stereocenters. The molecule has 3 heteroatoms. The van der Waals surface area contributed by atoms with Crippen molar-refractivity contribution in [1.82, 2.24) is 10.3 Å². The monoisotopic (exact) mass is 264 g/mol. The third-order valence-corrected chi connectivity index (χ3v) is 4.77. The number of aromatic nitrogens is 1. The molecule has 2 saturated carbocycles. The van der Waals surface area contributed by atoms with Crippen LogP contribution in [0.25, 0.3) is 0 Å². The lowest BCUT2D eigenvalue weighted by Crippen LogP contribution is -2.35. The number of thiazole rings is 1. The second-order valence-corrected chi connectivity index (χ2v) is 8.11. The lowest BCUT2D eigenvalue weighted by atomic mass is 10.1. The lowest BCUT2D eigenvalue weighted by Gasteiger charge is -2.20. The molecule has 0 spiro atoms. The van der Waals surface area contributed by atoms with Gasteiger partial charge in [0.25, 0.3) is 0 Å². The summed E-state index contributed by atoms with van der Waals surface area (Å²) in [5.41, 5.74) is 1.62. The van der Waals surface area contributed by atoms with Crippen LogP contribution in [0.4, 0.5) is 0 Å². The fourth-order valence-corrected chi connectivity index (χ4v) is 3.43. The third-order valence-electron chi connectivity index (χ3n) is 3.68. The van der Waals surface area contributed by atoms with Crippen molar-refractivity contribution in [2.24, 2.45) is 5.92 Å². The number of hydrogen-bond donors (Lipinski definition) is 1. The standard InChI is InChI=1S/C15H24N2S/c1-15(2,3)16-9-12-14(11-6-7-11)17-13(18-12)8-10-4-5-10/h10-11,16H,4-9H2,1-3H3. The molecule has 1 N–H and O–H groups in total. The van der Waals surface area contributed by atoms with Crippen LogP contribution >= 0.6 is 11.3 Å². The Kier molecular flexibility index (Phi) is 3.23. The van der Waals surface area contributed by atoms with E-state index in [4.69, 9.17) is 4.98 Å². The minimum Gasteiger partial charge on any atom is -0.307 e. The van der Waals surface area contributed by atoms with Crippen molar-refractivity contribution >= 4 is 11.3 Å². The smallest absolute Gasteiger partial charge is 0.0934 e. The first kappa shape index (κ1) is 12.6. The van der Waals surface area contributed by atoms with E-state index in [1.165, 1.54) is 47.7 Å². The van der Waals surface area contributed by atoms with E-state index < -0.39 is 0 Å². The first-order chi connectivity index (χ1) is 8.51. The van der Waals surface area contributed by atoms with Crippen molar-refractivity contribution in [3.05, 3.63) is 15.6 Å². The zero-order valence-corrected chi connectivity index (χ0v) is 12.6. The van der Waals surface area contributed by atoms with Crippen LogP contribution in [0.1, 0.15) is 68.0 Å². The Hall–Kier alpha value is -0.410. The molecule has 100 valence electrons. The molecule has 0 aromatic carbocycles. The predicted molar refractivity (Wildman–Crippen MR) is 77.1 cm³/mol. The van der Waals surface area contributed by atoms with E-state index in [-0.39, 0.29) is 5.54 Å². The van der Waals surface area contributed by atoms with E-state index in [1.54, 1.807) is 0 Å². The van der Waals surface area contributed by atoms with Gasteiger partial charge in [0.1, 0.15) is 0 Å². The molecule has 0 atom stereocenters. The molecule has 1 aromatic rings. The molecule has 3 rings (SSSR count). The summed E-state index contributed by atoms with van der Waals surface area (Å²) in [5.74, 6) is 1.73. The Morgan fingerprint density at radius 3 is 2.50 bits per heavy atom. The van der Waals surface area contributed by atoms with Gasteiger partial charge in [-0.3, -0.25) is 0 Å². The Labute approximate surface area is 114 Å². The van der Waals surface area contributed by atoms with Gasteiger partial charge >= 0.3 is 0 Å². The van der Waals surface area contributed by atoms with Gasteiger partial charge in [0.05, 0.1) is 10.7 Å². The van der Waals surface area contributed by atoms with Crippen LogP contribution in [0.2, 0.25) is 0 Å². The lowest BCUT2D eigenvalue weighted by molar-refractivity contribution is 0.425. The van der Waals surface area contributed by atoms with E-state index in [9.17, 15) is 0 Å². The van der Waals surface area contributed by atoms with E-state index in [0.29, 0.717) is 0 Å². The minimum absolute atomic E-state index is 0.196. The van der Waals surface area contributed by atoms with Gasteiger partial charge < -0.3 is 5.32 Å². The molecule has 2 nitrogen and oxygen atoms in total. The summed E-state index contributed by atoms with van der Waals surface area (Å²) < 4.78 is 0. The van der Waals surface area contributed by atoms with Gasteiger partial charge in [-0.15, -0.1) is 11.3 Å². The number of rotatable bonds is 5. The normalized spacial score (nSPS) is 20.4. The highest BCUT2D eigenvalue weighted by molar-refractivity contribution is 7.11. The highest BCUT2D eigenvalue weighted by Crippen LogP contribution is 2.44. The fraction of sp³-hybridized carbons (Fsp3) is 0.800. The Bertz CT molecular complexity index is 422. The van der Waals surface area contributed by atoms with Crippen LogP contribution in [0.3, 0.4) is 0 Å². The molecule has 0 bridgehead atoms. The Balaban J connectivity index is 1.71. The summed E-state index contributed by atoms with van der Waals surface area (Å²) >= 11 is 1.96. The molecular formula is C15H24N2S. The second kappa shape index (κ2) is 4.61. The molecule has 1 aromatic heterocycles. The van der Waals surface area contributed by atoms with Crippen molar-refractivity contribution in [3.8, 4) is 0 Å². The summed E-state index contributed by atoms with van der Waals surface area (Å²) in [6.45, 7) is 7.69. The van der Waals surface area contributed by atoms with Crippen molar-refractivity contribution in [3.63, 3.8) is 0 Å². The van der Waals surface area contributed by atoms with Gasteiger partial charge in [-0.2, -0.15) is 0 Å². The predicted octanol–water partition coefficient (Wildman–Crippen LogP) is 3.86. The summed E-state index contributed by atoms with van der Waals surface area (Å²) in [7, 11) is 0. The number of nitrogens with one attached hydrogen (secondary N) is 1. The summed E-state index contributed by atoms with van der Waals surface area (Å²) in [4.78, 5) is 6.43. The first-order valence-electron chi connectivity index (χ1n) is 7.25. The molecule has 0 radical (unpaired) electrons. The van der Waals surface area contributed by atoms with Crippen LogP contribution in [-0.4, -0.2) is 10.5 Å². The fourth-order valence-electron chi connectivity index (χ4n) is 2.22. The molecule has 0 saturated heterocycles. The maximum atomic E-state index is 4.93. The quantitative estimate of drug-likeness (QED) is 0.873. The summed E-state index contributed by atoms with van der Waals surface area (Å²) in [5, 5.41) is 5.01. The molecule has 2 aliphatic carbocycles. The average molecular weight is 264 g/mol. The van der Waals surface area contributed by atoms with Crippen molar-refractivity contribution in [2.75, 3.05) is 0 Å². The zero-order valence-electron chi connectivity index (χ0n) is 11.8. The van der Waals surface area contributed by atoms with E-state index >= 15 is 0 Å². The van der Waals surface area contributed by atoms with Gasteiger partial charge in [-0.05, 0) is 52.4 Å². The Morgan fingerprint density at radius 2 is 1.94 bits per heavy atom. The minimum atomic E-state index is 0.196. The number of nitrogens with zero attached hydrogens (tertiary/aromatic N) is 1. The molecule has 0 amide bonds. The number of hydrogen-bond acceptors (Lipinski definition) is 3. The van der Waals surface area contributed by atoms with E-state index in [2.05, 4.69) is 26.1 Å². The zero-order chi connectivity index (χ0) is 12.8. The van der Waals surface area contributed by atoms with Gasteiger partial charge in [0.15, 0.2) is 0 Å². The van der Waals surface area contributed by atoms with Gasteiger partial charge in [-0.1, -0.05) is 0 Å². The molecule has 2 aliphatic rings. The maximum Gasteiger partial charge on any atom is 0.0934 e. The van der Waals surface area contributed by atoms with Crippen molar-refractivity contribution < 1.29 is 0 Å². The highest BCUT2D eigenvalue weighted by Gasteiger charge is 2.31. The van der Waals surface area contributed by atoms with Crippen molar-refractivity contribution in [1.29, 1.82) is 0 Å². The van der Waals surface area contributed by atoms with Crippen molar-refractivity contribution in [2.45, 2.75) is 70.9 Å². The van der Waals surface area contributed by atoms with Crippen LogP contribution in [-0.2, 0) is 13.0 Å². The largest absolute Gasteiger partial charge is 0.307 e. The topological polar surface area (TPSA) is 24.9 Å². The van der Waals surface area contributed by atoms with E-state index in [1.807, 2.05) is 11.3 Å². The average Bonchev–Trinajstić information content (AvgIpc) is 3.14. The second-order valence-electron chi connectivity index (χ2n) is 6.94. The third kappa shape index (κ3) is 3.33. The SMILES string of the molecule is CC(C)(C)NCc1sc(CC2CC2)nc1C1CC1. The maximum absolute atomic E-state index is 4.93. The molecule has 18 heavy (non-hydrogen) atoms. The molecule has 0 aliphatic heterocycles. The van der Waals surface area contributed by atoms with Gasteiger partial charge in [-0.25, -0.2) is 4.98 Å².